The summed E-state index contributed by atoms with van der Waals surface area (Å²) in [7, 11) is -1.64. The molecule has 5 heteroatoms. The molecule has 0 aromatic rings. The summed E-state index contributed by atoms with van der Waals surface area (Å²) in [5, 5.41) is 0. The van der Waals surface area contributed by atoms with E-state index < -0.39 is 20.0 Å². The van der Waals surface area contributed by atoms with Crippen LogP contribution in [-0.4, -0.2) is 32.5 Å². The molecular formula is C8H12O4S. The smallest absolute Gasteiger partial charge is 0.311 e. The maximum atomic E-state index is 11.3. The van der Waals surface area contributed by atoms with E-state index in [1.54, 1.807) is 0 Å². The molecule has 0 N–H and O–H groups in total. The molecule has 0 radical (unpaired) electrons. The molecule has 2 bridgehead atoms. The first-order valence-corrected chi connectivity index (χ1v) is 6.02. The van der Waals surface area contributed by atoms with E-state index in [2.05, 4.69) is 4.74 Å². The lowest BCUT2D eigenvalue weighted by atomic mass is 9.43. The number of sulfone groups is 1. The van der Waals surface area contributed by atoms with Crippen LogP contribution in [0.1, 0.15) is 19.3 Å². The zero-order chi connectivity index (χ0) is 9.91. The van der Waals surface area contributed by atoms with Crippen LogP contribution >= 0.6 is 0 Å². The normalized spacial score (nSPS) is 41.7. The van der Waals surface area contributed by atoms with Gasteiger partial charge < -0.3 is 4.74 Å². The fraction of sp³-hybridized carbons (Fsp3) is 0.875. The summed E-state index contributed by atoms with van der Waals surface area (Å²) in [4.78, 5) is 11.2. The Morgan fingerprint density at radius 1 is 1.31 bits per heavy atom. The number of carbonyl (C=O) groups is 1. The first-order valence-electron chi connectivity index (χ1n) is 4.13. The van der Waals surface area contributed by atoms with Gasteiger partial charge in [-0.05, 0) is 19.3 Å². The molecule has 0 unspecified atom stereocenters. The predicted octanol–water partition coefficient (Wildman–Crippen LogP) is 0.127. The fourth-order valence-electron chi connectivity index (χ4n) is 2.52. The van der Waals surface area contributed by atoms with Gasteiger partial charge in [0.15, 0.2) is 9.84 Å². The lowest BCUT2D eigenvalue weighted by Crippen LogP contribution is -2.73. The molecule has 0 saturated heterocycles. The van der Waals surface area contributed by atoms with E-state index in [0.717, 1.165) is 0 Å². The van der Waals surface area contributed by atoms with Crippen LogP contribution in [0, 0.1) is 5.41 Å². The Morgan fingerprint density at radius 2 is 1.77 bits per heavy atom. The Balaban J connectivity index is 2.13. The molecule has 3 fully saturated rings. The molecule has 0 atom stereocenters. The molecule has 3 aliphatic rings. The van der Waals surface area contributed by atoms with E-state index >= 15 is 0 Å². The molecule has 0 aromatic carbocycles. The SMILES string of the molecule is COC(=O)C12CC(S(C)(=O)=O)(C1)C2. The first-order chi connectivity index (χ1) is 5.85. The Hall–Kier alpha value is -0.580. The van der Waals surface area contributed by atoms with Crippen molar-refractivity contribution in [1.29, 1.82) is 0 Å². The van der Waals surface area contributed by atoms with Crippen molar-refractivity contribution in [2.75, 3.05) is 13.4 Å². The molecular weight excluding hydrogens is 192 g/mol. The number of esters is 1. The molecule has 4 nitrogen and oxygen atoms in total. The van der Waals surface area contributed by atoms with Crippen molar-refractivity contribution in [2.24, 2.45) is 5.41 Å². The van der Waals surface area contributed by atoms with Crippen molar-refractivity contribution in [3.63, 3.8) is 0 Å². The second kappa shape index (κ2) is 2.08. The average molecular weight is 204 g/mol. The minimum Gasteiger partial charge on any atom is -0.469 e. The summed E-state index contributed by atoms with van der Waals surface area (Å²) in [6.07, 6.45) is 2.63. The minimum absolute atomic E-state index is 0.252. The van der Waals surface area contributed by atoms with Crippen molar-refractivity contribution in [3.05, 3.63) is 0 Å². The zero-order valence-electron chi connectivity index (χ0n) is 7.66. The van der Waals surface area contributed by atoms with Crippen LogP contribution in [0.3, 0.4) is 0 Å². The lowest BCUT2D eigenvalue weighted by molar-refractivity contribution is -0.181. The number of rotatable bonds is 2. The molecule has 3 rings (SSSR count). The highest BCUT2D eigenvalue weighted by molar-refractivity contribution is 7.92. The third-order valence-electron chi connectivity index (χ3n) is 3.39. The maximum absolute atomic E-state index is 11.3. The number of ether oxygens (including phenoxy) is 1. The molecule has 0 amide bonds. The lowest BCUT2D eigenvalue weighted by Gasteiger charge is -2.66. The van der Waals surface area contributed by atoms with Gasteiger partial charge in [-0.3, -0.25) is 4.79 Å². The van der Waals surface area contributed by atoms with E-state index in [1.807, 2.05) is 0 Å². The van der Waals surface area contributed by atoms with Gasteiger partial charge in [-0.2, -0.15) is 0 Å². The van der Waals surface area contributed by atoms with E-state index in [-0.39, 0.29) is 5.97 Å². The van der Waals surface area contributed by atoms with Gasteiger partial charge in [0.25, 0.3) is 0 Å². The summed E-state index contributed by atoms with van der Waals surface area (Å²) in [5.74, 6) is -0.252. The van der Waals surface area contributed by atoms with E-state index in [4.69, 9.17) is 0 Å². The molecule has 0 aliphatic heterocycles. The third kappa shape index (κ3) is 0.855. The van der Waals surface area contributed by atoms with E-state index in [0.29, 0.717) is 19.3 Å². The maximum Gasteiger partial charge on any atom is 0.311 e. The molecule has 3 aliphatic carbocycles. The largest absolute Gasteiger partial charge is 0.469 e. The second-order valence-electron chi connectivity index (χ2n) is 4.26. The van der Waals surface area contributed by atoms with Gasteiger partial charge in [-0.1, -0.05) is 0 Å². The second-order valence-corrected chi connectivity index (χ2v) is 6.67. The standard InChI is InChI=1S/C8H12O4S/c1-12-6(9)7-3-8(4-7,5-7)13(2,10)11/h3-5H2,1-2H3. The minimum atomic E-state index is -2.99. The topological polar surface area (TPSA) is 60.4 Å². The van der Waals surface area contributed by atoms with Crippen LogP contribution < -0.4 is 0 Å². The predicted molar refractivity (Wildman–Crippen MR) is 45.9 cm³/mol. The highest BCUT2D eigenvalue weighted by Gasteiger charge is 2.76. The number of hydrogen-bond donors (Lipinski definition) is 0. The van der Waals surface area contributed by atoms with Crippen molar-refractivity contribution >= 4 is 15.8 Å². The van der Waals surface area contributed by atoms with Crippen LogP contribution in [0.5, 0.6) is 0 Å². The summed E-state index contributed by atoms with van der Waals surface area (Å²) in [6, 6.07) is 0. The van der Waals surface area contributed by atoms with Crippen molar-refractivity contribution in [1.82, 2.24) is 0 Å². The molecule has 0 aromatic heterocycles. The highest BCUT2D eigenvalue weighted by Crippen LogP contribution is 2.71. The fourth-order valence-corrected chi connectivity index (χ4v) is 4.14. The Bertz CT molecular complexity index is 348. The van der Waals surface area contributed by atoms with Gasteiger partial charge in [-0.25, -0.2) is 8.42 Å². The Kier molecular flexibility index (Phi) is 1.44. The van der Waals surface area contributed by atoms with Crippen LogP contribution in [-0.2, 0) is 19.4 Å². The van der Waals surface area contributed by atoms with Gasteiger partial charge in [0.05, 0.1) is 17.3 Å². The number of methoxy groups -OCH3 is 1. The van der Waals surface area contributed by atoms with Crippen LogP contribution in [0.25, 0.3) is 0 Å². The summed E-state index contributed by atoms with van der Waals surface area (Å²) in [5.41, 5.74) is -0.447. The van der Waals surface area contributed by atoms with E-state index in [1.165, 1.54) is 13.4 Å². The summed E-state index contributed by atoms with van der Waals surface area (Å²) < 4.78 is 26.6. The summed E-state index contributed by atoms with van der Waals surface area (Å²) in [6.45, 7) is 0. The van der Waals surface area contributed by atoms with Gasteiger partial charge in [0, 0.05) is 6.26 Å². The van der Waals surface area contributed by atoms with Gasteiger partial charge in [0.1, 0.15) is 0 Å². The van der Waals surface area contributed by atoms with Gasteiger partial charge >= 0.3 is 5.97 Å². The van der Waals surface area contributed by atoms with Crippen LogP contribution in [0.15, 0.2) is 0 Å². The van der Waals surface area contributed by atoms with Gasteiger partial charge in [-0.15, -0.1) is 0 Å². The van der Waals surface area contributed by atoms with Crippen LogP contribution in [0.4, 0.5) is 0 Å². The average Bonchev–Trinajstić information content (AvgIpc) is 1.77. The van der Waals surface area contributed by atoms with Crippen molar-refractivity contribution in [2.45, 2.75) is 24.0 Å². The first kappa shape index (κ1) is 8.99. The molecule has 3 saturated carbocycles. The Labute approximate surface area is 77.2 Å². The monoisotopic (exact) mass is 204 g/mol. The number of carbonyl (C=O) groups excluding carboxylic acids is 1. The molecule has 0 spiro atoms. The number of hydrogen-bond acceptors (Lipinski definition) is 4. The summed E-state index contributed by atoms with van der Waals surface area (Å²) >= 11 is 0. The quantitative estimate of drug-likeness (QED) is 0.600. The van der Waals surface area contributed by atoms with Crippen LogP contribution in [0.2, 0.25) is 0 Å². The molecule has 0 heterocycles. The third-order valence-corrected chi connectivity index (χ3v) is 5.39. The molecule has 74 valence electrons. The molecule has 13 heavy (non-hydrogen) atoms. The van der Waals surface area contributed by atoms with Crippen molar-refractivity contribution < 1.29 is 17.9 Å². The Morgan fingerprint density at radius 3 is 2.08 bits per heavy atom. The zero-order valence-corrected chi connectivity index (χ0v) is 8.48. The van der Waals surface area contributed by atoms with Crippen molar-refractivity contribution in [3.8, 4) is 0 Å². The van der Waals surface area contributed by atoms with Gasteiger partial charge in [0.2, 0.25) is 0 Å². The highest BCUT2D eigenvalue weighted by atomic mass is 32.2. The van der Waals surface area contributed by atoms with E-state index in [9.17, 15) is 13.2 Å².